The molecule has 0 saturated heterocycles. The Balaban J connectivity index is 1.57. The third-order valence-corrected chi connectivity index (χ3v) is 5.83. The first-order chi connectivity index (χ1) is 16.1. The van der Waals surface area contributed by atoms with Gasteiger partial charge in [-0.25, -0.2) is 9.18 Å². The van der Waals surface area contributed by atoms with E-state index in [0.717, 1.165) is 42.5 Å². The van der Waals surface area contributed by atoms with E-state index >= 15 is 0 Å². The van der Waals surface area contributed by atoms with Crippen molar-refractivity contribution in [3.63, 3.8) is 0 Å². The number of hydrogen-bond acceptors (Lipinski definition) is 3. The van der Waals surface area contributed by atoms with Gasteiger partial charge in [-0.3, -0.25) is 4.98 Å². The highest BCUT2D eigenvalue weighted by Gasteiger charge is 2.15. The highest BCUT2D eigenvalue weighted by molar-refractivity contribution is 5.91. The van der Waals surface area contributed by atoms with Crippen molar-refractivity contribution in [2.75, 3.05) is 0 Å². The predicted octanol–water partition coefficient (Wildman–Crippen LogP) is 7.96. The maximum Gasteiger partial charge on any atom is 0.346 e. The first kappa shape index (κ1) is 24.6. The number of hydrogen-bond donors (Lipinski definition) is 0. The third kappa shape index (κ3) is 7.52. The molecule has 3 aromatic rings. The number of aromatic nitrogens is 1. The van der Waals surface area contributed by atoms with E-state index in [1.165, 1.54) is 49.8 Å². The van der Waals surface area contributed by atoms with Crippen molar-refractivity contribution in [3.05, 3.63) is 83.3 Å². The van der Waals surface area contributed by atoms with Gasteiger partial charge in [-0.2, -0.15) is 0 Å². The summed E-state index contributed by atoms with van der Waals surface area (Å²) in [5.74, 6) is -0.844. The Hall–Kier alpha value is -3.01. The zero-order valence-corrected chi connectivity index (χ0v) is 19.8. The molecule has 1 aromatic heterocycles. The molecule has 0 radical (unpaired) electrons. The summed E-state index contributed by atoms with van der Waals surface area (Å²) in [5, 5.41) is 0. The summed E-state index contributed by atoms with van der Waals surface area (Å²) in [4.78, 5) is 17.0. The second kappa shape index (κ2) is 12.9. The number of carbonyl (C=O) groups is 1. The van der Waals surface area contributed by atoms with Gasteiger partial charge in [0.05, 0.1) is 11.3 Å². The van der Waals surface area contributed by atoms with Gasteiger partial charge < -0.3 is 4.74 Å². The van der Waals surface area contributed by atoms with E-state index in [9.17, 15) is 9.18 Å². The second-order valence-electron chi connectivity index (χ2n) is 8.55. The topological polar surface area (TPSA) is 39.2 Å². The van der Waals surface area contributed by atoms with Crippen LogP contribution in [-0.2, 0) is 12.8 Å². The molecule has 33 heavy (non-hydrogen) atoms. The van der Waals surface area contributed by atoms with E-state index in [2.05, 4.69) is 24.9 Å². The van der Waals surface area contributed by atoms with E-state index in [1.54, 1.807) is 12.1 Å². The van der Waals surface area contributed by atoms with Gasteiger partial charge in [-0.15, -0.1) is 0 Å². The molecule has 4 heteroatoms. The summed E-state index contributed by atoms with van der Waals surface area (Å²) in [6.07, 6.45) is 11.9. The Morgan fingerprint density at radius 3 is 2.15 bits per heavy atom. The van der Waals surface area contributed by atoms with Crippen LogP contribution in [0.1, 0.15) is 80.3 Å². The molecule has 0 bridgehead atoms. The standard InChI is InChI=1S/C29H34FNO2/c1-3-5-7-9-10-22-12-18-26(27(30)20-22)29(32)33-25-16-14-24(15-17-25)28-19-13-23(21-31-28)11-8-6-4-2/h12-21H,3-11H2,1-2H3. The second-order valence-corrected chi connectivity index (χ2v) is 8.55. The Morgan fingerprint density at radius 1 is 0.818 bits per heavy atom. The molecule has 174 valence electrons. The van der Waals surface area contributed by atoms with Gasteiger partial charge >= 0.3 is 5.97 Å². The molecular formula is C29H34FNO2. The number of rotatable bonds is 12. The van der Waals surface area contributed by atoms with Crippen molar-refractivity contribution >= 4 is 5.97 Å². The Kier molecular flexibility index (Phi) is 9.61. The van der Waals surface area contributed by atoms with Gasteiger partial charge in [0.1, 0.15) is 11.6 Å². The fourth-order valence-corrected chi connectivity index (χ4v) is 3.81. The molecule has 0 aliphatic rings. The van der Waals surface area contributed by atoms with Crippen molar-refractivity contribution in [2.45, 2.75) is 71.6 Å². The molecule has 0 spiro atoms. The largest absolute Gasteiger partial charge is 0.423 e. The van der Waals surface area contributed by atoms with Crippen LogP contribution in [0, 0.1) is 5.82 Å². The molecule has 0 fully saturated rings. The lowest BCUT2D eigenvalue weighted by atomic mass is 10.0. The maximum atomic E-state index is 14.5. The number of esters is 1. The Bertz CT molecular complexity index is 1010. The zero-order valence-electron chi connectivity index (χ0n) is 19.8. The van der Waals surface area contributed by atoms with Crippen LogP contribution >= 0.6 is 0 Å². The van der Waals surface area contributed by atoms with Crippen LogP contribution in [-0.4, -0.2) is 11.0 Å². The number of carbonyl (C=O) groups excluding carboxylic acids is 1. The quantitative estimate of drug-likeness (QED) is 0.161. The third-order valence-electron chi connectivity index (χ3n) is 5.83. The van der Waals surface area contributed by atoms with Crippen molar-refractivity contribution in [1.82, 2.24) is 4.98 Å². The predicted molar refractivity (Wildman–Crippen MR) is 132 cm³/mol. The summed E-state index contributed by atoms with van der Waals surface area (Å²) in [6, 6.07) is 16.1. The minimum absolute atomic E-state index is 0.0447. The van der Waals surface area contributed by atoms with Crippen LogP contribution in [0.15, 0.2) is 60.8 Å². The summed E-state index contributed by atoms with van der Waals surface area (Å²) in [7, 11) is 0. The molecule has 1 heterocycles. The van der Waals surface area contributed by atoms with Crippen LogP contribution in [0.2, 0.25) is 0 Å². The van der Waals surface area contributed by atoms with Crippen LogP contribution in [0.25, 0.3) is 11.3 Å². The molecule has 0 saturated carbocycles. The number of nitrogens with zero attached hydrogens (tertiary/aromatic N) is 1. The highest BCUT2D eigenvalue weighted by atomic mass is 19.1. The molecule has 0 atom stereocenters. The lowest BCUT2D eigenvalue weighted by Crippen LogP contribution is -2.11. The van der Waals surface area contributed by atoms with E-state index in [-0.39, 0.29) is 5.56 Å². The molecule has 3 nitrogen and oxygen atoms in total. The smallest absolute Gasteiger partial charge is 0.346 e. The molecule has 0 aliphatic heterocycles. The van der Waals surface area contributed by atoms with Crippen LogP contribution in [0.5, 0.6) is 5.75 Å². The van der Waals surface area contributed by atoms with Crippen molar-refractivity contribution in [3.8, 4) is 17.0 Å². The number of aryl methyl sites for hydroxylation is 2. The average molecular weight is 448 g/mol. The molecule has 0 N–H and O–H groups in total. The molecular weight excluding hydrogens is 413 g/mol. The first-order valence-corrected chi connectivity index (χ1v) is 12.2. The van der Waals surface area contributed by atoms with Crippen molar-refractivity contribution < 1.29 is 13.9 Å². The van der Waals surface area contributed by atoms with Crippen molar-refractivity contribution in [2.24, 2.45) is 0 Å². The number of benzene rings is 2. The van der Waals surface area contributed by atoms with Gasteiger partial charge in [-0.1, -0.05) is 58.1 Å². The van der Waals surface area contributed by atoms with E-state index < -0.39 is 11.8 Å². The molecule has 3 rings (SSSR count). The van der Waals surface area contributed by atoms with Crippen LogP contribution < -0.4 is 4.74 Å². The fourth-order valence-electron chi connectivity index (χ4n) is 3.81. The molecule has 0 amide bonds. The van der Waals surface area contributed by atoms with Gasteiger partial charge in [0.15, 0.2) is 0 Å². The van der Waals surface area contributed by atoms with Gasteiger partial charge in [0.2, 0.25) is 0 Å². The van der Waals surface area contributed by atoms with E-state index in [4.69, 9.17) is 4.74 Å². The van der Waals surface area contributed by atoms with Gasteiger partial charge in [0.25, 0.3) is 0 Å². The first-order valence-electron chi connectivity index (χ1n) is 12.2. The summed E-state index contributed by atoms with van der Waals surface area (Å²) < 4.78 is 19.9. The summed E-state index contributed by atoms with van der Waals surface area (Å²) >= 11 is 0. The Labute approximate surface area is 197 Å². The van der Waals surface area contributed by atoms with Crippen LogP contribution in [0.3, 0.4) is 0 Å². The minimum atomic E-state index is -0.688. The fraction of sp³-hybridized carbons (Fsp3) is 0.379. The normalized spacial score (nSPS) is 10.9. The van der Waals surface area contributed by atoms with E-state index in [0.29, 0.717) is 5.75 Å². The number of ether oxygens (including phenoxy) is 1. The molecule has 2 aromatic carbocycles. The van der Waals surface area contributed by atoms with Crippen LogP contribution in [0.4, 0.5) is 4.39 Å². The molecule has 0 unspecified atom stereocenters. The summed E-state index contributed by atoms with van der Waals surface area (Å²) in [6.45, 7) is 4.36. The average Bonchev–Trinajstić information content (AvgIpc) is 2.83. The zero-order chi connectivity index (χ0) is 23.5. The highest BCUT2D eigenvalue weighted by Crippen LogP contribution is 2.23. The van der Waals surface area contributed by atoms with Crippen molar-refractivity contribution in [1.29, 1.82) is 0 Å². The maximum absolute atomic E-state index is 14.5. The van der Waals surface area contributed by atoms with Gasteiger partial charge in [0, 0.05) is 11.8 Å². The lowest BCUT2D eigenvalue weighted by molar-refractivity contribution is 0.0730. The SMILES string of the molecule is CCCCCCc1ccc(C(=O)Oc2ccc(-c3ccc(CCCCC)cn3)cc2)c(F)c1. The number of halogens is 1. The Morgan fingerprint density at radius 2 is 1.48 bits per heavy atom. The van der Waals surface area contributed by atoms with Gasteiger partial charge in [-0.05, 0) is 79.3 Å². The monoisotopic (exact) mass is 447 g/mol. The molecule has 0 aliphatic carbocycles. The van der Waals surface area contributed by atoms with E-state index in [1.807, 2.05) is 30.5 Å². The number of unbranched alkanes of at least 4 members (excludes halogenated alkanes) is 5. The minimum Gasteiger partial charge on any atom is -0.423 e. The number of pyridine rings is 1. The lowest BCUT2D eigenvalue weighted by Gasteiger charge is -2.08. The summed E-state index contributed by atoms with van der Waals surface area (Å²) in [5.41, 5.74) is 3.91.